The van der Waals surface area contributed by atoms with Crippen molar-refractivity contribution < 1.29 is 0 Å². The van der Waals surface area contributed by atoms with Crippen LogP contribution in [0.2, 0.25) is 5.02 Å². The lowest BCUT2D eigenvalue weighted by atomic mass is 10.0. The van der Waals surface area contributed by atoms with Crippen LogP contribution >= 0.6 is 11.6 Å². The van der Waals surface area contributed by atoms with Crippen LogP contribution in [0.1, 0.15) is 0 Å². The van der Waals surface area contributed by atoms with Gasteiger partial charge in [-0.3, -0.25) is 0 Å². The summed E-state index contributed by atoms with van der Waals surface area (Å²) in [6, 6.07) is 5.75. The highest BCUT2D eigenvalue weighted by Crippen LogP contribution is 2.31. The van der Waals surface area contributed by atoms with Crippen LogP contribution in [0.5, 0.6) is 0 Å². The summed E-state index contributed by atoms with van der Waals surface area (Å²) < 4.78 is 0. The van der Waals surface area contributed by atoms with Gasteiger partial charge in [0.2, 0.25) is 5.95 Å². The van der Waals surface area contributed by atoms with Crippen molar-refractivity contribution in [1.29, 1.82) is 0 Å². The van der Waals surface area contributed by atoms with Crippen molar-refractivity contribution in [2.45, 2.75) is 0 Å². The molecule has 0 saturated carbocycles. The maximum absolute atomic E-state index is 6.08. The average Bonchev–Trinajstić information content (AvgIpc) is 3.07. The van der Waals surface area contributed by atoms with E-state index in [9.17, 15) is 0 Å². The van der Waals surface area contributed by atoms with Crippen LogP contribution in [0, 0.1) is 11.8 Å². The molecule has 2 saturated heterocycles. The monoisotopic (exact) mass is 303 g/mol. The van der Waals surface area contributed by atoms with E-state index < -0.39 is 0 Å². The predicted octanol–water partition coefficient (Wildman–Crippen LogP) is 1.98. The van der Waals surface area contributed by atoms with Crippen LogP contribution in [0.3, 0.4) is 0 Å². The largest absolute Gasteiger partial charge is 0.372 e. The molecular formula is C15H18ClN5. The van der Waals surface area contributed by atoms with E-state index in [0.29, 0.717) is 5.02 Å². The molecule has 3 heterocycles. The van der Waals surface area contributed by atoms with Gasteiger partial charge in [0.15, 0.2) is 0 Å². The fraction of sp³-hybridized carbons (Fsp3) is 0.467. The van der Waals surface area contributed by atoms with Gasteiger partial charge in [-0.05, 0) is 30.0 Å². The van der Waals surface area contributed by atoms with Crippen LogP contribution in [-0.4, -0.2) is 43.2 Å². The van der Waals surface area contributed by atoms with Crippen molar-refractivity contribution >= 4 is 34.3 Å². The maximum Gasteiger partial charge on any atom is 0.227 e. The molecule has 0 aliphatic carbocycles. The Hall–Kier alpha value is -1.59. The molecular weight excluding hydrogens is 286 g/mol. The Bertz CT molecular complexity index is 677. The topological polar surface area (TPSA) is 53.1 Å². The van der Waals surface area contributed by atoms with Gasteiger partial charge in [-0.1, -0.05) is 11.6 Å². The number of halogens is 1. The first-order chi connectivity index (χ1) is 10.2. The first-order valence-corrected chi connectivity index (χ1v) is 7.73. The van der Waals surface area contributed by atoms with E-state index in [1.54, 1.807) is 0 Å². The Labute approximate surface area is 128 Å². The second-order valence-electron chi connectivity index (χ2n) is 5.87. The average molecular weight is 304 g/mol. The Morgan fingerprint density at radius 1 is 1.24 bits per heavy atom. The third-order valence-corrected chi connectivity index (χ3v) is 4.79. The number of nitrogens with one attached hydrogen (secondary N) is 2. The minimum absolute atomic E-state index is 0.706. The van der Waals surface area contributed by atoms with E-state index in [-0.39, 0.29) is 0 Å². The number of nitrogens with zero attached hydrogens (tertiary/aromatic N) is 3. The van der Waals surface area contributed by atoms with E-state index in [0.717, 1.165) is 60.7 Å². The van der Waals surface area contributed by atoms with Gasteiger partial charge < -0.3 is 15.5 Å². The van der Waals surface area contributed by atoms with Gasteiger partial charge in [0.05, 0.1) is 5.52 Å². The molecule has 2 aliphatic rings. The van der Waals surface area contributed by atoms with E-state index in [4.69, 9.17) is 21.6 Å². The van der Waals surface area contributed by atoms with Crippen molar-refractivity contribution in [3.63, 3.8) is 0 Å². The summed E-state index contributed by atoms with van der Waals surface area (Å²) in [6.07, 6.45) is 0. The van der Waals surface area contributed by atoms with E-state index in [1.807, 2.05) is 25.2 Å². The van der Waals surface area contributed by atoms with Gasteiger partial charge in [0.1, 0.15) is 5.82 Å². The molecule has 1 aromatic carbocycles. The van der Waals surface area contributed by atoms with Crippen molar-refractivity contribution in [3.05, 3.63) is 23.2 Å². The highest BCUT2D eigenvalue weighted by Gasteiger charge is 2.37. The maximum atomic E-state index is 6.08. The highest BCUT2D eigenvalue weighted by atomic mass is 35.5. The zero-order valence-electron chi connectivity index (χ0n) is 11.9. The van der Waals surface area contributed by atoms with Crippen molar-refractivity contribution in [1.82, 2.24) is 15.3 Å². The molecule has 2 atom stereocenters. The van der Waals surface area contributed by atoms with Gasteiger partial charge in [0.25, 0.3) is 0 Å². The molecule has 5 nitrogen and oxygen atoms in total. The molecule has 2 fully saturated rings. The Morgan fingerprint density at radius 3 is 2.71 bits per heavy atom. The van der Waals surface area contributed by atoms with Crippen LogP contribution in [0.25, 0.3) is 10.9 Å². The van der Waals surface area contributed by atoms with E-state index in [1.165, 1.54) is 0 Å². The van der Waals surface area contributed by atoms with Crippen molar-refractivity contribution in [3.8, 4) is 0 Å². The van der Waals surface area contributed by atoms with Crippen LogP contribution in [0.15, 0.2) is 18.2 Å². The normalized spacial score (nSPS) is 24.6. The van der Waals surface area contributed by atoms with Crippen LogP contribution < -0.4 is 15.5 Å². The molecule has 4 rings (SSSR count). The molecule has 2 N–H and O–H groups in total. The van der Waals surface area contributed by atoms with E-state index in [2.05, 4.69) is 15.5 Å². The first-order valence-electron chi connectivity index (χ1n) is 7.35. The summed E-state index contributed by atoms with van der Waals surface area (Å²) >= 11 is 6.08. The molecule has 6 heteroatoms. The summed E-state index contributed by atoms with van der Waals surface area (Å²) in [7, 11) is 1.88. The smallest absolute Gasteiger partial charge is 0.227 e. The molecule has 0 unspecified atom stereocenters. The van der Waals surface area contributed by atoms with Gasteiger partial charge in [0, 0.05) is 43.6 Å². The number of hydrogen-bond acceptors (Lipinski definition) is 5. The molecule has 0 bridgehead atoms. The Kier molecular flexibility index (Phi) is 3.12. The molecule has 0 amide bonds. The zero-order chi connectivity index (χ0) is 14.4. The number of hydrogen-bond donors (Lipinski definition) is 2. The standard InChI is InChI=1S/C15H18ClN5/c1-17-14-12-4-11(16)2-3-13(12)19-15(20-14)21-7-9-5-18-6-10(9)8-21/h2-4,9-10,18H,5-8H2,1H3,(H,17,19,20)/t9-,10+. The molecule has 0 radical (unpaired) electrons. The fourth-order valence-electron chi connectivity index (χ4n) is 3.44. The number of anilines is 2. The minimum atomic E-state index is 0.706. The van der Waals surface area contributed by atoms with Crippen molar-refractivity contribution in [2.75, 3.05) is 43.4 Å². The lowest BCUT2D eigenvalue weighted by molar-refractivity contribution is 0.533. The minimum Gasteiger partial charge on any atom is -0.372 e. The quantitative estimate of drug-likeness (QED) is 0.888. The van der Waals surface area contributed by atoms with Crippen LogP contribution in [-0.2, 0) is 0 Å². The lowest BCUT2D eigenvalue weighted by Gasteiger charge is -2.19. The third kappa shape index (κ3) is 2.21. The first kappa shape index (κ1) is 13.1. The number of rotatable bonds is 2. The highest BCUT2D eigenvalue weighted by molar-refractivity contribution is 6.31. The second-order valence-corrected chi connectivity index (χ2v) is 6.30. The molecule has 1 aromatic heterocycles. The summed E-state index contributed by atoms with van der Waals surface area (Å²) in [5, 5.41) is 8.30. The Morgan fingerprint density at radius 2 is 2.00 bits per heavy atom. The predicted molar refractivity (Wildman–Crippen MR) is 86.2 cm³/mol. The molecule has 110 valence electrons. The number of aromatic nitrogens is 2. The summed E-state index contributed by atoms with van der Waals surface area (Å²) in [5.74, 6) is 3.12. The van der Waals surface area contributed by atoms with Gasteiger partial charge in [-0.2, -0.15) is 4.98 Å². The fourth-order valence-corrected chi connectivity index (χ4v) is 3.61. The summed E-state index contributed by atoms with van der Waals surface area (Å²) in [5.41, 5.74) is 0.934. The van der Waals surface area contributed by atoms with Gasteiger partial charge in [-0.15, -0.1) is 0 Å². The molecule has 2 aliphatic heterocycles. The summed E-state index contributed by atoms with van der Waals surface area (Å²) in [6.45, 7) is 4.31. The summed E-state index contributed by atoms with van der Waals surface area (Å²) in [4.78, 5) is 11.7. The van der Waals surface area contributed by atoms with Crippen molar-refractivity contribution in [2.24, 2.45) is 11.8 Å². The second kappa shape index (κ2) is 5.00. The van der Waals surface area contributed by atoms with E-state index >= 15 is 0 Å². The Balaban J connectivity index is 1.74. The lowest BCUT2D eigenvalue weighted by Crippen LogP contribution is -2.27. The molecule has 2 aromatic rings. The van der Waals surface area contributed by atoms with Gasteiger partial charge in [-0.25, -0.2) is 4.98 Å². The SMILES string of the molecule is CNc1nc(N2C[C@H]3CNC[C@H]3C2)nc2ccc(Cl)cc12. The zero-order valence-corrected chi connectivity index (χ0v) is 12.7. The van der Waals surface area contributed by atoms with Gasteiger partial charge >= 0.3 is 0 Å². The number of fused-ring (bicyclic) bond motifs is 2. The molecule has 21 heavy (non-hydrogen) atoms. The third-order valence-electron chi connectivity index (χ3n) is 4.56. The van der Waals surface area contributed by atoms with Crippen LogP contribution in [0.4, 0.5) is 11.8 Å². The number of benzene rings is 1. The molecule has 0 spiro atoms.